The Labute approximate surface area is 108 Å². The third-order valence-electron chi connectivity index (χ3n) is 3.31. The van der Waals surface area contributed by atoms with Crippen molar-refractivity contribution in [3.05, 3.63) is 0 Å². The number of carbonyl (C=O) groups excluding carboxylic acids is 2. The molecule has 1 fully saturated rings. The van der Waals surface area contributed by atoms with Gasteiger partial charge in [-0.15, -0.1) is 0 Å². The minimum Gasteiger partial charge on any atom is -0.447 e. The van der Waals surface area contributed by atoms with Gasteiger partial charge in [-0.1, -0.05) is 34.6 Å². The first-order valence-electron chi connectivity index (χ1n) is 6.31. The Morgan fingerprint density at radius 1 is 1.50 bits per heavy atom. The van der Waals surface area contributed by atoms with Crippen molar-refractivity contribution >= 4 is 12.0 Å². The second kappa shape index (κ2) is 5.26. The van der Waals surface area contributed by atoms with E-state index in [1.807, 2.05) is 34.6 Å². The van der Waals surface area contributed by atoms with Crippen LogP contribution in [0.3, 0.4) is 0 Å². The summed E-state index contributed by atoms with van der Waals surface area (Å²) in [6.45, 7) is 9.68. The Morgan fingerprint density at radius 2 is 2.06 bits per heavy atom. The lowest BCUT2D eigenvalue weighted by molar-refractivity contribution is -0.133. The number of nitrogens with zero attached hydrogens (tertiary/aromatic N) is 1. The van der Waals surface area contributed by atoms with Gasteiger partial charge in [-0.25, -0.2) is 9.69 Å². The van der Waals surface area contributed by atoms with Crippen LogP contribution in [0.4, 0.5) is 4.79 Å². The van der Waals surface area contributed by atoms with Crippen LogP contribution in [0.1, 0.15) is 41.0 Å². The molecule has 1 heterocycles. The molecular weight excluding hydrogens is 234 g/mol. The summed E-state index contributed by atoms with van der Waals surface area (Å²) in [5, 5.41) is 9.93. The molecule has 1 N–H and O–H groups in total. The van der Waals surface area contributed by atoms with Crippen LogP contribution in [0.15, 0.2) is 0 Å². The van der Waals surface area contributed by atoms with E-state index in [0.717, 1.165) is 4.90 Å². The molecule has 1 aliphatic heterocycles. The molecule has 0 aliphatic carbocycles. The molecule has 0 aromatic heterocycles. The van der Waals surface area contributed by atoms with E-state index in [0.29, 0.717) is 0 Å². The van der Waals surface area contributed by atoms with Crippen LogP contribution in [-0.2, 0) is 9.53 Å². The molecule has 1 aliphatic rings. The molecular formula is C13H23NO4. The number of hydrogen-bond acceptors (Lipinski definition) is 4. The summed E-state index contributed by atoms with van der Waals surface area (Å²) < 4.78 is 4.91. The Kier molecular flexibility index (Phi) is 4.37. The molecule has 5 heteroatoms. The normalized spacial score (nSPS) is 22.3. The lowest BCUT2D eigenvalue weighted by Crippen LogP contribution is -2.44. The van der Waals surface area contributed by atoms with Gasteiger partial charge in [0.25, 0.3) is 0 Å². The molecule has 18 heavy (non-hydrogen) atoms. The summed E-state index contributed by atoms with van der Waals surface area (Å²) in [4.78, 5) is 24.8. The smallest absolute Gasteiger partial charge is 0.416 e. The SMILES string of the molecule is CC(C)[C@H]1COC(=O)N1C(=O)C[C@@H](O)C(C)(C)C. The van der Waals surface area contributed by atoms with Gasteiger partial charge in [0.2, 0.25) is 5.91 Å². The minimum absolute atomic E-state index is 0.0538. The van der Waals surface area contributed by atoms with Gasteiger partial charge >= 0.3 is 6.09 Å². The highest BCUT2D eigenvalue weighted by Gasteiger charge is 2.40. The lowest BCUT2D eigenvalue weighted by atomic mass is 9.87. The summed E-state index contributed by atoms with van der Waals surface area (Å²) in [5.74, 6) is -0.217. The van der Waals surface area contributed by atoms with Crippen LogP contribution < -0.4 is 0 Å². The third-order valence-corrected chi connectivity index (χ3v) is 3.31. The molecule has 0 radical (unpaired) electrons. The number of carbonyl (C=O) groups is 2. The quantitative estimate of drug-likeness (QED) is 0.837. The number of rotatable bonds is 3. The van der Waals surface area contributed by atoms with Gasteiger partial charge in [-0.3, -0.25) is 4.79 Å². The zero-order chi connectivity index (χ0) is 14.1. The molecule has 0 aromatic carbocycles. The maximum absolute atomic E-state index is 12.1. The Hall–Kier alpha value is -1.10. The van der Waals surface area contributed by atoms with E-state index < -0.39 is 12.2 Å². The number of hydrogen-bond donors (Lipinski definition) is 1. The average Bonchev–Trinajstić information content (AvgIpc) is 2.58. The van der Waals surface area contributed by atoms with Gasteiger partial charge in [0, 0.05) is 0 Å². The molecule has 0 unspecified atom stereocenters. The standard InChI is InChI=1S/C13H23NO4/c1-8(2)9-7-18-12(17)14(9)11(16)6-10(15)13(3,4)5/h8-10,15H,6-7H2,1-5H3/t9-,10-/m1/s1. The van der Waals surface area contributed by atoms with Crippen molar-refractivity contribution in [1.82, 2.24) is 4.90 Å². The lowest BCUT2D eigenvalue weighted by Gasteiger charge is -2.28. The average molecular weight is 257 g/mol. The number of ether oxygens (including phenoxy) is 1. The van der Waals surface area contributed by atoms with Crippen LogP contribution in [0.25, 0.3) is 0 Å². The molecule has 0 bridgehead atoms. The molecule has 2 atom stereocenters. The van der Waals surface area contributed by atoms with Gasteiger partial charge in [0.05, 0.1) is 18.6 Å². The van der Waals surface area contributed by atoms with Crippen molar-refractivity contribution in [2.75, 3.05) is 6.61 Å². The summed E-state index contributed by atoms with van der Waals surface area (Å²) in [7, 11) is 0. The van der Waals surface area contributed by atoms with E-state index in [-0.39, 0.29) is 36.3 Å². The Morgan fingerprint density at radius 3 is 2.50 bits per heavy atom. The second-order valence-electron chi connectivity index (χ2n) is 6.24. The fourth-order valence-electron chi connectivity index (χ4n) is 1.78. The molecule has 0 aromatic rings. The van der Waals surface area contributed by atoms with Crippen LogP contribution in [-0.4, -0.2) is 40.8 Å². The molecule has 5 nitrogen and oxygen atoms in total. The predicted octanol–water partition coefficient (Wildman–Crippen LogP) is 1.79. The van der Waals surface area contributed by atoms with Crippen molar-refractivity contribution in [3.8, 4) is 0 Å². The van der Waals surface area contributed by atoms with Gasteiger partial charge in [-0.05, 0) is 11.3 Å². The highest BCUT2D eigenvalue weighted by Crippen LogP contribution is 2.25. The molecule has 1 saturated heterocycles. The Balaban J connectivity index is 2.73. The molecule has 1 rings (SSSR count). The number of cyclic esters (lactones) is 1. The molecule has 2 amide bonds. The molecule has 0 spiro atoms. The topological polar surface area (TPSA) is 66.8 Å². The first kappa shape index (κ1) is 15.0. The fourth-order valence-corrected chi connectivity index (χ4v) is 1.78. The van der Waals surface area contributed by atoms with Crippen LogP contribution in [0.2, 0.25) is 0 Å². The van der Waals surface area contributed by atoms with Gasteiger partial charge in [-0.2, -0.15) is 0 Å². The predicted molar refractivity (Wildman–Crippen MR) is 66.9 cm³/mol. The second-order valence-corrected chi connectivity index (χ2v) is 6.24. The first-order valence-corrected chi connectivity index (χ1v) is 6.31. The summed E-state index contributed by atoms with van der Waals surface area (Å²) in [6, 6.07) is -0.225. The third kappa shape index (κ3) is 3.22. The van der Waals surface area contributed by atoms with E-state index >= 15 is 0 Å². The highest BCUT2D eigenvalue weighted by atomic mass is 16.6. The minimum atomic E-state index is -0.772. The number of aliphatic hydroxyl groups is 1. The summed E-state index contributed by atoms with van der Waals surface area (Å²) >= 11 is 0. The van der Waals surface area contributed by atoms with E-state index in [1.165, 1.54) is 0 Å². The van der Waals surface area contributed by atoms with Crippen molar-refractivity contribution in [1.29, 1.82) is 0 Å². The monoisotopic (exact) mass is 257 g/mol. The number of imide groups is 1. The van der Waals surface area contributed by atoms with Crippen molar-refractivity contribution in [3.63, 3.8) is 0 Å². The fraction of sp³-hybridized carbons (Fsp3) is 0.846. The van der Waals surface area contributed by atoms with Crippen molar-refractivity contribution in [2.45, 2.75) is 53.2 Å². The summed E-state index contributed by atoms with van der Waals surface area (Å²) in [6.07, 6.45) is -1.42. The van der Waals surface area contributed by atoms with Gasteiger partial charge in [0.1, 0.15) is 6.61 Å². The van der Waals surface area contributed by atoms with E-state index in [9.17, 15) is 14.7 Å². The zero-order valence-electron chi connectivity index (χ0n) is 11.8. The maximum Gasteiger partial charge on any atom is 0.416 e. The van der Waals surface area contributed by atoms with Gasteiger partial charge < -0.3 is 9.84 Å². The van der Waals surface area contributed by atoms with Crippen LogP contribution >= 0.6 is 0 Å². The zero-order valence-corrected chi connectivity index (χ0v) is 11.8. The van der Waals surface area contributed by atoms with Crippen LogP contribution in [0.5, 0.6) is 0 Å². The number of aliphatic hydroxyl groups excluding tert-OH is 1. The van der Waals surface area contributed by atoms with Crippen molar-refractivity contribution in [2.24, 2.45) is 11.3 Å². The Bertz CT molecular complexity index is 332. The highest BCUT2D eigenvalue weighted by molar-refractivity contribution is 5.93. The van der Waals surface area contributed by atoms with Crippen LogP contribution in [0, 0.1) is 11.3 Å². The molecule has 0 saturated carbocycles. The van der Waals surface area contributed by atoms with E-state index in [2.05, 4.69) is 0 Å². The van der Waals surface area contributed by atoms with Gasteiger partial charge in [0.15, 0.2) is 0 Å². The summed E-state index contributed by atoms with van der Waals surface area (Å²) in [5.41, 5.74) is -0.382. The molecule has 104 valence electrons. The largest absolute Gasteiger partial charge is 0.447 e. The first-order chi connectivity index (χ1) is 8.14. The van der Waals surface area contributed by atoms with Crippen molar-refractivity contribution < 1.29 is 19.4 Å². The number of amides is 2. The van der Waals surface area contributed by atoms with E-state index in [4.69, 9.17) is 4.74 Å². The van der Waals surface area contributed by atoms with E-state index in [1.54, 1.807) is 0 Å². The maximum atomic E-state index is 12.1.